The number of hydrogen-bond acceptors (Lipinski definition) is 2. The monoisotopic (exact) mass is 291 g/mol. The molecular formula is C17H22ClNO. The number of halogens is 1. The highest BCUT2D eigenvalue weighted by atomic mass is 35.5. The molecule has 0 N–H and O–H groups in total. The van der Waals surface area contributed by atoms with Crippen LogP contribution in [0.15, 0.2) is 30.3 Å². The van der Waals surface area contributed by atoms with Crippen LogP contribution in [0, 0.1) is 5.92 Å². The fourth-order valence-electron chi connectivity index (χ4n) is 3.19. The number of fused-ring (bicyclic) bond motifs is 1. The first-order valence-electron chi connectivity index (χ1n) is 7.56. The van der Waals surface area contributed by atoms with Gasteiger partial charge < -0.3 is 9.64 Å². The molecule has 3 heteroatoms. The highest BCUT2D eigenvalue weighted by molar-refractivity contribution is 6.17. The molecule has 2 aliphatic rings. The van der Waals surface area contributed by atoms with Gasteiger partial charge in [-0.2, -0.15) is 0 Å². The van der Waals surface area contributed by atoms with E-state index in [4.69, 9.17) is 16.3 Å². The van der Waals surface area contributed by atoms with E-state index in [1.54, 1.807) is 0 Å². The lowest BCUT2D eigenvalue weighted by atomic mass is 9.95. The molecule has 0 saturated carbocycles. The number of ether oxygens (including phenoxy) is 1. The topological polar surface area (TPSA) is 12.5 Å². The Bertz CT molecular complexity index is 468. The van der Waals surface area contributed by atoms with Crippen LogP contribution in [-0.4, -0.2) is 31.7 Å². The third-order valence-electron chi connectivity index (χ3n) is 4.35. The number of alkyl halides is 1. The minimum atomic E-state index is 0.435. The van der Waals surface area contributed by atoms with E-state index in [2.05, 4.69) is 41.3 Å². The Hall–Kier alpha value is -0.990. The highest BCUT2D eigenvalue weighted by Crippen LogP contribution is 2.32. The predicted octanol–water partition coefficient (Wildman–Crippen LogP) is 3.94. The average molecular weight is 292 g/mol. The normalized spacial score (nSPS) is 22.9. The molecule has 3 rings (SSSR count). The Morgan fingerprint density at radius 1 is 1.20 bits per heavy atom. The van der Waals surface area contributed by atoms with Gasteiger partial charge in [-0.15, -0.1) is 11.6 Å². The molecule has 0 aliphatic carbocycles. The van der Waals surface area contributed by atoms with Crippen molar-refractivity contribution in [3.05, 3.63) is 35.9 Å². The molecule has 1 unspecified atom stereocenters. The van der Waals surface area contributed by atoms with Crippen molar-refractivity contribution >= 4 is 23.4 Å². The minimum absolute atomic E-state index is 0.435. The fourth-order valence-corrected chi connectivity index (χ4v) is 3.42. The first-order valence-corrected chi connectivity index (χ1v) is 8.09. The van der Waals surface area contributed by atoms with Crippen LogP contribution in [0.25, 0.3) is 6.08 Å². The average Bonchev–Trinajstić information content (AvgIpc) is 2.51. The van der Waals surface area contributed by atoms with Gasteiger partial charge in [0, 0.05) is 37.4 Å². The summed E-state index contributed by atoms with van der Waals surface area (Å²) in [4.78, 5) is 2.55. The number of hydrogen-bond donors (Lipinski definition) is 0. The molecule has 2 nitrogen and oxygen atoms in total. The van der Waals surface area contributed by atoms with Crippen molar-refractivity contribution in [1.29, 1.82) is 0 Å². The van der Waals surface area contributed by atoms with Crippen LogP contribution in [0.1, 0.15) is 24.8 Å². The van der Waals surface area contributed by atoms with Crippen LogP contribution in [0.2, 0.25) is 0 Å². The molecule has 1 atom stereocenters. The maximum absolute atomic E-state index is 5.99. The van der Waals surface area contributed by atoms with Crippen molar-refractivity contribution < 1.29 is 4.74 Å². The molecule has 0 amide bonds. The lowest BCUT2D eigenvalue weighted by molar-refractivity contribution is 0.0679. The van der Waals surface area contributed by atoms with Gasteiger partial charge in [-0.1, -0.05) is 30.4 Å². The molecule has 2 heterocycles. The summed E-state index contributed by atoms with van der Waals surface area (Å²) in [5, 5.41) is 0. The van der Waals surface area contributed by atoms with E-state index in [1.165, 1.54) is 24.1 Å². The molecule has 0 spiro atoms. The molecule has 1 aromatic rings. The second-order valence-corrected chi connectivity index (χ2v) is 6.05. The second kappa shape index (κ2) is 6.64. The van der Waals surface area contributed by atoms with Gasteiger partial charge in [-0.25, -0.2) is 0 Å². The van der Waals surface area contributed by atoms with Crippen molar-refractivity contribution in [2.45, 2.75) is 25.3 Å². The van der Waals surface area contributed by atoms with Gasteiger partial charge in [-0.3, -0.25) is 0 Å². The maximum Gasteiger partial charge on any atom is 0.0487 e. The summed E-state index contributed by atoms with van der Waals surface area (Å²) >= 11 is 5.99. The van der Waals surface area contributed by atoms with Gasteiger partial charge >= 0.3 is 0 Å². The molecule has 0 radical (unpaired) electrons. The summed E-state index contributed by atoms with van der Waals surface area (Å²) < 4.78 is 5.48. The number of anilines is 1. The Morgan fingerprint density at radius 3 is 2.80 bits per heavy atom. The molecule has 20 heavy (non-hydrogen) atoms. The highest BCUT2D eigenvalue weighted by Gasteiger charge is 2.25. The lowest BCUT2D eigenvalue weighted by Gasteiger charge is -2.39. The number of benzene rings is 1. The van der Waals surface area contributed by atoms with E-state index in [-0.39, 0.29) is 0 Å². The van der Waals surface area contributed by atoms with E-state index >= 15 is 0 Å². The summed E-state index contributed by atoms with van der Waals surface area (Å²) in [5.74, 6) is 1.45. The van der Waals surface area contributed by atoms with Crippen LogP contribution in [0.5, 0.6) is 0 Å². The summed E-state index contributed by atoms with van der Waals surface area (Å²) in [6.07, 6.45) is 7.92. The van der Waals surface area contributed by atoms with Gasteiger partial charge in [-0.05, 0) is 36.8 Å². The van der Waals surface area contributed by atoms with Crippen LogP contribution in [0.3, 0.4) is 0 Å². The number of rotatable bonds is 4. The van der Waals surface area contributed by atoms with E-state index in [9.17, 15) is 0 Å². The second-order valence-electron chi connectivity index (χ2n) is 5.67. The van der Waals surface area contributed by atoms with E-state index < -0.39 is 0 Å². The van der Waals surface area contributed by atoms with Gasteiger partial charge in [0.05, 0.1) is 0 Å². The van der Waals surface area contributed by atoms with Gasteiger partial charge in [0.15, 0.2) is 0 Å². The molecule has 0 aromatic heterocycles. The number of para-hydroxylation sites is 1. The molecule has 1 saturated heterocycles. The third-order valence-corrected chi connectivity index (χ3v) is 4.56. The Kier molecular flexibility index (Phi) is 4.64. The molecule has 1 fully saturated rings. The molecule has 108 valence electrons. The lowest BCUT2D eigenvalue weighted by Crippen LogP contribution is -2.41. The zero-order valence-corrected chi connectivity index (χ0v) is 12.6. The Balaban J connectivity index is 1.81. The smallest absolute Gasteiger partial charge is 0.0487 e. The van der Waals surface area contributed by atoms with E-state index in [0.717, 1.165) is 32.1 Å². The van der Waals surface area contributed by atoms with E-state index in [1.807, 2.05) is 0 Å². The van der Waals surface area contributed by atoms with Crippen molar-refractivity contribution in [3.63, 3.8) is 0 Å². The molecule has 1 aromatic carbocycles. The predicted molar refractivity (Wildman–Crippen MR) is 85.5 cm³/mol. The first kappa shape index (κ1) is 14.0. The van der Waals surface area contributed by atoms with Gasteiger partial charge in [0.25, 0.3) is 0 Å². The largest absolute Gasteiger partial charge is 0.381 e. The van der Waals surface area contributed by atoms with Crippen LogP contribution >= 0.6 is 11.6 Å². The zero-order chi connectivity index (χ0) is 13.8. The minimum Gasteiger partial charge on any atom is -0.381 e. The van der Waals surface area contributed by atoms with E-state index in [0.29, 0.717) is 11.9 Å². The van der Waals surface area contributed by atoms with Crippen molar-refractivity contribution in [2.24, 2.45) is 5.92 Å². The summed E-state index contributed by atoms with van der Waals surface area (Å²) in [6.45, 7) is 2.94. The van der Waals surface area contributed by atoms with Crippen molar-refractivity contribution in [1.82, 2.24) is 0 Å². The van der Waals surface area contributed by atoms with Gasteiger partial charge in [0.1, 0.15) is 0 Å². The molecule has 2 aliphatic heterocycles. The molecule has 0 bridgehead atoms. The SMILES string of the molecule is ClCCC1C=Cc2ccccc2N1CC1CCOCC1. The van der Waals surface area contributed by atoms with Gasteiger partial charge in [0.2, 0.25) is 0 Å². The summed E-state index contributed by atoms with van der Waals surface area (Å²) in [7, 11) is 0. The zero-order valence-electron chi connectivity index (χ0n) is 11.8. The summed E-state index contributed by atoms with van der Waals surface area (Å²) in [6, 6.07) is 9.11. The first-order chi connectivity index (χ1) is 9.88. The summed E-state index contributed by atoms with van der Waals surface area (Å²) in [5.41, 5.74) is 2.68. The third kappa shape index (κ3) is 3.02. The fraction of sp³-hybridized carbons (Fsp3) is 0.529. The van der Waals surface area contributed by atoms with Crippen molar-refractivity contribution in [2.75, 3.05) is 30.5 Å². The standard InChI is InChI=1S/C17H22ClNO/c18-10-7-16-6-5-15-3-1-2-4-17(15)19(16)13-14-8-11-20-12-9-14/h1-6,14,16H,7-13H2. The maximum atomic E-state index is 5.99. The molecular weight excluding hydrogens is 270 g/mol. The van der Waals surface area contributed by atoms with Crippen LogP contribution in [0.4, 0.5) is 5.69 Å². The quantitative estimate of drug-likeness (QED) is 0.779. The number of nitrogens with zero attached hydrogens (tertiary/aromatic N) is 1. The Morgan fingerprint density at radius 2 is 2.00 bits per heavy atom. The van der Waals surface area contributed by atoms with Crippen LogP contribution < -0.4 is 4.90 Å². The Labute approximate surface area is 126 Å². The van der Waals surface area contributed by atoms with Crippen molar-refractivity contribution in [3.8, 4) is 0 Å². The van der Waals surface area contributed by atoms with Crippen LogP contribution in [-0.2, 0) is 4.74 Å².